The van der Waals surface area contributed by atoms with E-state index in [1.807, 2.05) is 24.4 Å². The number of benzene rings is 1. The zero-order chi connectivity index (χ0) is 17.7. The van der Waals surface area contributed by atoms with E-state index in [2.05, 4.69) is 20.6 Å². The predicted molar refractivity (Wildman–Crippen MR) is 94.5 cm³/mol. The van der Waals surface area contributed by atoms with Crippen LogP contribution in [0.1, 0.15) is 24.2 Å². The number of aromatic nitrogens is 1. The van der Waals surface area contributed by atoms with Crippen molar-refractivity contribution in [2.75, 3.05) is 26.0 Å². The molecule has 0 spiro atoms. The van der Waals surface area contributed by atoms with Crippen LogP contribution in [0.3, 0.4) is 0 Å². The van der Waals surface area contributed by atoms with Crippen LogP contribution < -0.4 is 15.5 Å². The van der Waals surface area contributed by atoms with E-state index >= 15 is 0 Å². The van der Waals surface area contributed by atoms with Crippen LogP contribution in [0.2, 0.25) is 0 Å². The summed E-state index contributed by atoms with van der Waals surface area (Å²) in [5.74, 6) is -0.655. The molecule has 5 nitrogen and oxygen atoms in total. The van der Waals surface area contributed by atoms with Crippen molar-refractivity contribution in [1.82, 2.24) is 15.6 Å². The zero-order valence-electron chi connectivity index (χ0n) is 14.1. The van der Waals surface area contributed by atoms with Crippen molar-refractivity contribution in [2.24, 2.45) is 4.99 Å². The summed E-state index contributed by atoms with van der Waals surface area (Å²) < 4.78 is 26.8. The Morgan fingerprint density at radius 1 is 1.38 bits per heavy atom. The van der Waals surface area contributed by atoms with E-state index in [1.54, 1.807) is 25.3 Å². The smallest absolute Gasteiger partial charge is 0.191 e. The van der Waals surface area contributed by atoms with Gasteiger partial charge in [-0.3, -0.25) is 4.99 Å². The Morgan fingerprint density at radius 2 is 2.12 bits per heavy atom. The second-order valence-electron chi connectivity index (χ2n) is 5.47. The highest BCUT2D eigenvalue weighted by Gasteiger charge is 2.13. The number of nitrogens with zero attached hydrogens (tertiary/aromatic N) is 3. The van der Waals surface area contributed by atoms with Gasteiger partial charge in [-0.05, 0) is 13.0 Å². The molecule has 2 rings (SSSR count). The number of rotatable bonds is 5. The lowest BCUT2D eigenvalue weighted by molar-refractivity contribution is 0.550. The van der Waals surface area contributed by atoms with Crippen molar-refractivity contribution >= 4 is 22.4 Å². The number of guanidine groups is 1. The summed E-state index contributed by atoms with van der Waals surface area (Å²) in [6, 6.07) is 3.19. The Hall–Kier alpha value is -2.22. The van der Waals surface area contributed by atoms with E-state index in [0.29, 0.717) is 18.1 Å². The molecule has 1 aromatic heterocycles. The molecule has 24 heavy (non-hydrogen) atoms. The molecule has 0 amide bonds. The highest BCUT2D eigenvalue weighted by molar-refractivity contribution is 7.13. The first-order valence-electron chi connectivity index (χ1n) is 7.44. The molecule has 1 aromatic carbocycles. The molecule has 8 heteroatoms. The lowest BCUT2D eigenvalue weighted by atomic mass is 10.1. The minimum absolute atomic E-state index is 0.357. The molecule has 2 N–H and O–H groups in total. The lowest BCUT2D eigenvalue weighted by Crippen LogP contribution is -2.38. The summed E-state index contributed by atoms with van der Waals surface area (Å²) in [5.41, 5.74) is 1.27. The third kappa shape index (κ3) is 4.64. The van der Waals surface area contributed by atoms with Crippen molar-refractivity contribution < 1.29 is 8.78 Å². The second kappa shape index (κ2) is 8.05. The summed E-state index contributed by atoms with van der Waals surface area (Å²) >= 11 is 1.56. The fourth-order valence-corrected chi connectivity index (χ4v) is 2.85. The van der Waals surface area contributed by atoms with E-state index in [4.69, 9.17) is 0 Å². The lowest BCUT2D eigenvalue weighted by Gasteiger charge is -2.18. The summed E-state index contributed by atoms with van der Waals surface area (Å²) in [7, 11) is 5.51. The van der Waals surface area contributed by atoms with Gasteiger partial charge in [0.2, 0.25) is 0 Å². The molecule has 0 radical (unpaired) electrons. The van der Waals surface area contributed by atoms with Crippen LogP contribution in [-0.4, -0.2) is 32.1 Å². The van der Waals surface area contributed by atoms with Crippen molar-refractivity contribution in [3.05, 3.63) is 46.5 Å². The van der Waals surface area contributed by atoms with E-state index in [0.717, 1.165) is 16.9 Å². The summed E-state index contributed by atoms with van der Waals surface area (Å²) in [6.07, 6.45) is 0. The van der Waals surface area contributed by atoms with Gasteiger partial charge in [-0.2, -0.15) is 0 Å². The van der Waals surface area contributed by atoms with Gasteiger partial charge >= 0.3 is 0 Å². The maximum atomic E-state index is 13.8. The molecule has 0 saturated heterocycles. The molecular formula is C16H21F2N5S. The average molecular weight is 353 g/mol. The third-order valence-corrected chi connectivity index (χ3v) is 4.42. The first-order valence-corrected chi connectivity index (χ1v) is 8.32. The number of nitrogens with one attached hydrogen (secondary N) is 2. The average Bonchev–Trinajstić information content (AvgIpc) is 3.00. The second-order valence-corrected chi connectivity index (χ2v) is 6.31. The Morgan fingerprint density at radius 3 is 2.71 bits per heavy atom. The molecule has 0 aliphatic rings. The van der Waals surface area contributed by atoms with Gasteiger partial charge in [-0.15, -0.1) is 11.3 Å². The maximum Gasteiger partial charge on any atom is 0.191 e. The number of anilines is 1. The van der Waals surface area contributed by atoms with E-state index < -0.39 is 11.6 Å². The van der Waals surface area contributed by atoms with Crippen molar-refractivity contribution in [2.45, 2.75) is 19.5 Å². The predicted octanol–water partition coefficient (Wildman–Crippen LogP) is 2.91. The molecular weight excluding hydrogens is 332 g/mol. The fourth-order valence-electron chi connectivity index (χ4n) is 2.09. The summed E-state index contributed by atoms with van der Waals surface area (Å²) in [6.45, 7) is 2.29. The van der Waals surface area contributed by atoms with Crippen LogP contribution in [-0.2, 0) is 6.54 Å². The van der Waals surface area contributed by atoms with Crippen molar-refractivity contribution in [1.29, 1.82) is 0 Å². The first-order chi connectivity index (χ1) is 11.4. The van der Waals surface area contributed by atoms with Crippen LogP contribution in [0.25, 0.3) is 0 Å². The molecule has 1 unspecified atom stereocenters. The van der Waals surface area contributed by atoms with E-state index in [-0.39, 0.29) is 6.04 Å². The fraction of sp³-hybridized carbons (Fsp3) is 0.375. The highest BCUT2D eigenvalue weighted by atomic mass is 32.1. The number of hydrogen-bond donors (Lipinski definition) is 2. The molecule has 0 bridgehead atoms. The van der Waals surface area contributed by atoms with E-state index in [1.165, 1.54) is 12.1 Å². The van der Waals surface area contributed by atoms with Gasteiger partial charge in [0.05, 0.1) is 18.3 Å². The molecule has 0 saturated carbocycles. The Balaban J connectivity index is 1.96. The molecule has 0 fully saturated rings. The minimum atomic E-state index is -0.591. The Kier molecular flexibility index (Phi) is 6.08. The first kappa shape index (κ1) is 18.1. The number of aliphatic imine (C=N–C) groups is 1. The van der Waals surface area contributed by atoms with Gasteiger partial charge in [-0.25, -0.2) is 13.8 Å². The quantitative estimate of drug-likeness (QED) is 0.641. The molecule has 130 valence electrons. The van der Waals surface area contributed by atoms with Gasteiger partial charge in [0, 0.05) is 38.2 Å². The molecule has 2 aromatic rings. The minimum Gasteiger partial charge on any atom is -0.354 e. The SMILES string of the molecule is CN=C(NCc1csc(N(C)C)n1)NC(C)c1ccc(F)cc1F. The number of halogens is 2. The molecule has 0 aliphatic carbocycles. The van der Waals surface area contributed by atoms with E-state index in [9.17, 15) is 8.78 Å². The highest BCUT2D eigenvalue weighted by Crippen LogP contribution is 2.19. The van der Waals surface area contributed by atoms with Gasteiger partial charge in [0.15, 0.2) is 11.1 Å². The molecule has 1 atom stereocenters. The van der Waals surface area contributed by atoms with Crippen molar-refractivity contribution in [3.63, 3.8) is 0 Å². The van der Waals surface area contributed by atoms with Crippen LogP contribution in [0, 0.1) is 11.6 Å². The van der Waals surface area contributed by atoms with Gasteiger partial charge in [0.1, 0.15) is 11.6 Å². The van der Waals surface area contributed by atoms with Crippen LogP contribution in [0.4, 0.5) is 13.9 Å². The van der Waals surface area contributed by atoms with Crippen LogP contribution in [0.5, 0.6) is 0 Å². The summed E-state index contributed by atoms with van der Waals surface area (Å²) in [4.78, 5) is 10.5. The summed E-state index contributed by atoms with van der Waals surface area (Å²) in [5, 5.41) is 9.12. The van der Waals surface area contributed by atoms with Crippen molar-refractivity contribution in [3.8, 4) is 0 Å². The number of thiazole rings is 1. The zero-order valence-corrected chi connectivity index (χ0v) is 14.9. The largest absolute Gasteiger partial charge is 0.354 e. The monoisotopic (exact) mass is 353 g/mol. The van der Waals surface area contributed by atoms with Crippen LogP contribution in [0.15, 0.2) is 28.6 Å². The molecule has 1 heterocycles. The van der Waals surface area contributed by atoms with Gasteiger partial charge in [0.25, 0.3) is 0 Å². The topological polar surface area (TPSA) is 52.6 Å². The van der Waals surface area contributed by atoms with Gasteiger partial charge < -0.3 is 15.5 Å². The standard InChI is InChI=1S/C16H21F2N5S/c1-10(13-6-5-11(17)7-14(13)18)21-15(19-2)20-8-12-9-24-16(22-12)23(3)4/h5-7,9-10H,8H2,1-4H3,(H2,19,20,21). The van der Waals surface area contributed by atoms with Crippen LogP contribution >= 0.6 is 11.3 Å². The Labute approximate surface area is 144 Å². The molecule has 0 aliphatic heterocycles. The number of hydrogen-bond acceptors (Lipinski definition) is 4. The van der Waals surface area contributed by atoms with Gasteiger partial charge in [-0.1, -0.05) is 6.07 Å². The normalized spacial score (nSPS) is 12.8. The Bertz CT molecular complexity index is 714. The maximum absolute atomic E-state index is 13.8. The third-order valence-electron chi connectivity index (χ3n) is 3.36.